The molecule has 10 atom stereocenters. The molecule has 2 heterocycles. The number of ether oxygens (including phenoxy) is 4. The molecular weight excluding hydrogens is 536 g/mol. The van der Waals surface area contributed by atoms with Crippen LogP contribution in [0.4, 0.5) is 0 Å². The van der Waals surface area contributed by atoms with Gasteiger partial charge in [0.25, 0.3) is 0 Å². The van der Waals surface area contributed by atoms with E-state index in [0.717, 1.165) is 6.07 Å². The molecule has 220 valence electrons. The highest BCUT2D eigenvalue weighted by atomic mass is 16.7. The number of rotatable bonds is 8. The lowest BCUT2D eigenvalue weighted by molar-refractivity contribution is -0.278. The molecule has 10 N–H and O–H groups in total. The summed E-state index contributed by atoms with van der Waals surface area (Å²) in [5.74, 6) is -0.894. The number of aromatic hydroxyl groups is 2. The summed E-state index contributed by atoms with van der Waals surface area (Å²) < 4.78 is 22.0. The normalized spacial score (nSPS) is 34.6. The third kappa shape index (κ3) is 6.31. The Morgan fingerprint density at radius 3 is 1.70 bits per heavy atom. The smallest absolute Gasteiger partial charge is 0.229 e. The van der Waals surface area contributed by atoms with Crippen LogP contribution in [0.5, 0.6) is 23.0 Å². The van der Waals surface area contributed by atoms with E-state index in [-0.39, 0.29) is 22.8 Å². The van der Waals surface area contributed by atoms with Gasteiger partial charge in [-0.3, -0.25) is 0 Å². The molecule has 0 aliphatic carbocycles. The first kappa shape index (κ1) is 30.0. The third-order valence-electron chi connectivity index (χ3n) is 6.60. The summed E-state index contributed by atoms with van der Waals surface area (Å²) in [6.45, 7) is -1.38. The Kier molecular flexibility index (Phi) is 9.48. The summed E-state index contributed by atoms with van der Waals surface area (Å²) in [5.41, 5.74) is 0.737. The monoisotopic (exact) mass is 568 g/mol. The Bertz CT molecular complexity index is 1150. The van der Waals surface area contributed by atoms with Crippen molar-refractivity contribution < 1.29 is 70.0 Å². The molecule has 0 amide bonds. The maximum absolute atomic E-state index is 10.8. The third-order valence-corrected chi connectivity index (χ3v) is 6.60. The second kappa shape index (κ2) is 12.7. The fourth-order valence-electron chi connectivity index (χ4n) is 4.28. The predicted octanol–water partition coefficient (Wildman–Crippen LogP) is -2.37. The first-order valence-electron chi connectivity index (χ1n) is 12.3. The van der Waals surface area contributed by atoms with Crippen molar-refractivity contribution in [3.8, 4) is 23.0 Å². The zero-order chi connectivity index (χ0) is 29.1. The van der Waals surface area contributed by atoms with Crippen molar-refractivity contribution >= 4 is 12.2 Å². The van der Waals surface area contributed by atoms with Gasteiger partial charge in [0.2, 0.25) is 12.6 Å². The molecule has 2 aliphatic rings. The second-order valence-electron chi connectivity index (χ2n) is 9.42. The second-order valence-corrected chi connectivity index (χ2v) is 9.42. The average Bonchev–Trinajstić information content (AvgIpc) is 2.94. The number of hydrogen-bond donors (Lipinski definition) is 10. The van der Waals surface area contributed by atoms with Crippen molar-refractivity contribution in [2.45, 2.75) is 61.4 Å². The number of phenols is 2. The van der Waals surface area contributed by atoms with Crippen LogP contribution in [0.3, 0.4) is 0 Å². The first-order chi connectivity index (χ1) is 19.0. The number of aliphatic hydroxyl groups is 8. The molecule has 0 unspecified atom stereocenters. The van der Waals surface area contributed by atoms with Crippen molar-refractivity contribution in [2.75, 3.05) is 13.2 Å². The molecule has 2 fully saturated rings. The van der Waals surface area contributed by atoms with E-state index < -0.39 is 80.4 Å². The van der Waals surface area contributed by atoms with E-state index in [9.17, 15) is 51.1 Å². The van der Waals surface area contributed by atoms with E-state index in [4.69, 9.17) is 18.9 Å². The van der Waals surface area contributed by atoms with Gasteiger partial charge in [0.05, 0.1) is 13.2 Å². The van der Waals surface area contributed by atoms with Crippen LogP contribution in [0.15, 0.2) is 36.4 Å². The van der Waals surface area contributed by atoms with Gasteiger partial charge in [0.1, 0.15) is 60.3 Å². The van der Waals surface area contributed by atoms with Gasteiger partial charge in [-0.1, -0.05) is 24.3 Å². The van der Waals surface area contributed by atoms with Gasteiger partial charge in [-0.05, 0) is 23.8 Å². The maximum Gasteiger partial charge on any atom is 0.229 e. The van der Waals surface area contributed by atoms with E-state index in [0.29, 0.717) is 5.56 Å². The molecule has 0 aromatic heterocycles. The Morgan fingerprint density at radius 1 is 0.650 bits per heavy atom. The number of hydrogen-bond acceptors (Lipinski definition) is 14. The summed E-state index contributed by atoms with van der Waals surface area (Å²) in [6.07, 6.45) is -12.8. The summed E-state index contributed by atoms with van der Waals surface area (Å²) in [4.78, 5) is 0. The summed E-state index contributed by atoms with van der Waals surface area (Å²) in [7, 11) is 0. The molecule has 2 aliphatic heterocycles. The molecule has 0 radical (unpaired) electrons. The Morgan fingerprint density at radius 2 is 1.18 bits per heavy atom. The standard InChI is InChI=1S/C26H32O14/c27-9-16-18(31)20(33)22(35)25(38-16)37-14-7-12(4-1-11-2-5-13(29)6-3-11)24(15(30)8-14)40-26-23(36)21(34)19(32)17(10-28)39-26/h1-8,16-23,25-36H,9-10H2/b4-1+/t16-,17-,18-,19-,20+,21+,22-,23-,25-,26+/m1/s1. The first-order valence-corrected chi connectivity index (χ1v) is 12.3. The lowest BCUT2D eigenvalue weighted by atomic mass is 9.99. The van der Waals surface area contributed by atoms with Gasteiger partial charge < -0.3 is 70.0 Å². The molecule has 0 saturated carbocycles. The van der Waals surface area contributed by atoms with E-state index in [1.165, 1.54) is 24.3 Å². The van der Waals surface area contributed by atoms with Crippen LogP contribution in [0.2, 0.25) is 0 Å². The summed E-state index contributed by atoms with van der Waals surface area (Å²) in [5, 5.41) is 100. The maximum atomic E-state index is 10.8. The van der Waals surface area contributed by atoms with Gasteiger partial charge in [0.15, 0.2) is 11.5 Å². The minimum absolute atomic E-state index is 0.0383. The van der Waals surface area contributed by atoms with Gasteiger partial charge in [-0.25, -0.2) is 0 Å². The predicted molar refractivity (Wildman–Crippen MR) is 134 cm³/mol. The SMILES string of the molecule is OC[C@H]1O[C@@H](Oc2cc(O)c(O[C@@H]3O[C@H](CO)[C@@H](O)[C@H](O)[C@H]3O)c(/C=C/c3ccc(O)cc3)c2)[C@H](O)[C@@H](O)[C@@H]1O. The molecule has 2 saturated heterocycles. The lowest BCUT2D eigenvalue weighted by Crippen LogP contribution is -2.60. The van der Waals surface area contributed by atoms with Gasteiger partial charge in [-0.2, -0.15) is 0 Å². The number of benzene rings is 2. The van der Waals surface area contributed by atoms with Gasteiger partial charge in [-0.15, -0.1) is 0 Å². The molecule has 0 spiro atoms. The Hall–Kier alpha value is -3.02. The van der Waals surface area contributed by atoms with Crippen LogP contribution in [-0.4, -0.2) is 126 Å². The van der Waals surface area contributed by atoms with E-state index in [1.54, 1.807) is 18.2 Å². The minimum atomic E-state index is -1.77. The largest absolute Gasteiger partial charge is 0.508 e. The molecule has 0 bridgehead atoms. The minimum Gasteiger partial charge on any atom is -0.508 e. The van der Waals surface area contributed by atoms with Crippen LogP contribution >= 0.6 is 0 Å². The zero-order valence-corrected chi connectivity index (χ0v) is 20.9. The van der Waals surface area contributed by atoms with Crippen molar-refractivity contribution in [3.05, 3.63) is 47.5 Å². The lowest BCUT2D eigenvalue weighted by Gasteiger charge is -2.40. The van der Waals surface area contributed by atoms with E-state index >= 15 is 0 Å². The highest BCUT2D eigenvalue weighted by Crippen LogP contribution is 2.39. The van der Waals surface area contributed by atoms with Crippen LogP contribution in [0.25, 0.3) is 12.2 Å². The molecule has 14 nitrogen and oxygen atoms in total. The fraction of sp³-hybridized carbons (Fsp3) is 0.462. The topological polar surface area (TPSA) is 239 Å². The van der Waals surface area contributed by atoms with Crippen LogP contribution in [0.1, 0.15) is 11.1 Å². The highest BCUT2D eigenvalue weighted by molar-refractivity contribution is 5.75. The molecule has 2 aromatic rings. The molecular formula is C26H32O14. The summed E-state index contributed by atoms with van der Waals surface area (Å²) >= 11 is 0. The van der Waals surface area contributed by atoms with Crippen molar-refractivity contribution in [3.63, 3.8) is 0 Å². The van der Waals surface area contributed by atoms with Crippen LogP contribution in [0, 0.1) is 0 Å². The number of phenolic OH excluding ortho intramolecular Hbond substituents is 2. The van der Waals surface area contributed by atoms with Gasteiger partial charge in [0, 0.05) is 11.6 Å². The average molecular weight is 569 g/mol. The molecule has 4 rings (SSSR count). The Balaban J connectivity index is 1.67. The quantitative estimate of drug-likeness (QED) is 0.150. The van der Waals surface area contributed by atoms with E-state index in [2.05, 4.69) is 0 Å². The summed E-state index contributed by atoms with van der Waals surface area (Å²) in [6, 6.07) is 8.47. The van der Waals surface area contributed by atoms with Crippen LogP contribution < -0.4 is 9.47 Å². The van der Waals surface area contributed by atoms with E-state index in [1.807, 2.05) is 0 Å². The van der Waals surface area contributed by atoms with Crippen LogP contribution in [-0.2, 0) is 9.47 Å². The van der Waals surface area contributed by atoms with Crippen molar-refractivity contribution in [1.82, 2.24) is 0 Å². The zero-order valence-electron chi connectivity index (χ0n) is 20.9. The molecule has 2 aromatic carbocycles. The molecule has 40 heavy (non-hydrogen) atoms. The highest BCUT2D eigenvalue weighted by Gasteiger charge is 2.46. The van der Waals surface area contributed by atoms with Crippen molar-refractivity contribution in [2.24, 2.45) is 0 Å². The van der Waals surface area contributed by atoms with Crippen molar-refractivity contribution in [1.29, 1.82) is 0 Å². The number of aliphatic hydroxyl groups excluding tert-OH is 8. The fourth-order valence-corrected chi connectivity index (χ4v) is 4.28. The van der Waals surface area contributed by atoms with Gasteiger partial charge >= 0.3 is 0 Å². The molecule has 14 heteroatoms. The Labute approximate surface area is 227 Å².